The third-order valence-electron chi connectivity index (χ3n) is 4.47. The van der Waals surface area contributed by atoms with Crippen molar-refractivity contribution in [2.75, 3.05) is 6.54 Å². The molecule has 24 heavy (non-hydrogen) atoms. The summed E-state index contributed by atoms with van der Waals surface area (Å²) in [6, 6.07) is 15.7. The smallest absolute Gasteiger partial charge is 0.303 e. The third-order valence-corrected chi connectivity index (χ3v) is 4.47. The molecule has 0 aromatic heterocycles. The number of hydrogen-bond acceptors (Lipinski definition) is 4. The molecule has 1 atom stereocenters. The van der Waals surface area contributed by atoms with E-state index in [1.807, 2.05) is 12.1 Å². The Balaban J connectivity index is 1.65. The zero-order valence-electron chi connectivity index (χ0n) is 13.5. The van der Waals surface area contributed by atoms with Crippen LogP contribution in [0.3, 0.4) is 0 Å². The van der Waals surface area contributed by atoms with Gasteiger partial charge in [-0.25, -0.2) is 0 Å². The molecular weight excluding hydrogens is 302 g/mol. The van der Waals surface area contributed by atoms with Gasteiger partial charge in [-0.3, -0.25) is 9.69 Å². The Morgan fingerprint density at radius 1 is 1.12 bits per heavy atom. The van der Waals surface area contributed by atoms with Crippen molar-refractivity contribution >= 4 is 5.91 Å². The van der Waals surface area contributed by atoms with Gasteiger partial charge in [-0.15, -0.1) is 4.91 Å². The van der Waals surface area contributed by atoms with Crippen LogP contribution in [0.25, 0.3) is 0 Å². The van der Waals surface area contributed by atoms with Crippen LogP contribution in [-0.4, -0.2) is 23.4 Å². The van der Waals surface area contributed by atoms with Crippen molar-refractivity contribution < 1.29 is 4.79 Å². The van der Waals surface area contributed by atoms with E-state index < -0.39 is 11.9 Å². The summed E-state index contributed by atoms with van der Waals surface area (Å²) in [4.78, 5) is 23.9. The number of benzene rings is 2. The van der Waals surface area contributed by atoms with Gasteiger partial charge in [0.05, 0.1) is 6.04 Å². The Kier molecular flexibility index (Phi) is 5.13. The molecule has 2 aromatic carbocycles. The molecule has 2 N–H and O–H groups in total. The van der Waals surface area contributed by atoms with E-state index in [1.54, 1.807) is 0 Å². The van der Waals surface area contributed by atoms with E-state index in [0.29, 0.717) is 6.42 Å². The summed E-state index contributed by atoms with van der Waals surface area (Å²) in [6.07, 6.45) is 1.40. The van der Waals surface area contributed by atoms with Crippen LogP contribution < -0.4 is 5.73 Å². The summed E-state index contributed by atoms with van der Waals surface area (Å²) in [7, 11) is 0. The molecule has 124 valence electrons. The van der Waals surface area contributed by atoms with Crippen LogP contribution in [0.4, 0.5) is 0 Å². The van der Waals surface area contributed by atoms with Crippen molar-refractivity contribution in [1.82, 2.24) is 4.90 Å². The van der Waals surface area contributed by atoms with E-state index in [2.05, 4.69) is 46.5 Å². The maximum atomic E-state index is 11.2. The number of carbonyl (C=O) groups excluding carboxylic acids is 1. The van der Waals surface area contributed by atoms with Gasteiger partial charge < -0.3 is 5.73 Å². The van der Waals surface area contributed by atoms with Crippen molar-refractivity contribution in [1.29, 1.82) is 0 Å². The molecule has 1 heterocycles. The van der Waals surface area contributed by atoms with Crippen molar-refractivity contribution in [2.45, 2.75) is 32.0 Å². The second-order valence-corrected chi connectivity index (χ2v) is 6.29. The molecule has 5 heteroatoms. The third kappa shape index (κ3) is 3.93. The maximum Gasteiger partial charge on any atom is 0.303 e. The molecule has 0 saturated heterocycles. The lowest BCUT2D eigenvalue weighted by Crippen LogP contribution is -2.31. The normalized spacial score (nSPS) is 15.5. The number of fused-ring (bicyclic) bond motifs is 1. The van der Waals surface area contributed by atoms with Crippen molar-refractivity contribution in [3.63, 3.8) is 0 Å². The summed E-state index contributed by atoms with van der Waals surface area (Å²) in [5.41, 5.74) is 10.7. The van der Waals surface area contributed by atoms with Gasteiger partial charge in [-0.2, -0.15) is 0 Å². The first kappa shape index (κ1) is 16.5. The average Bonchev–Trinajstić information content (AvgIpc) is 2.61. The Hall–Kier alpha value is -2.37. The molecule has 0 radical (unpaired) electrons. The standard InChI is InChI=1S/C19H21N3O2/c20-18(19(23)21-24)11-14-4-3-5-15(10-14)12-22-9-8-16-6-1-2-7-17(16)13-22/h1-7,10,18H,8-9,11-13,20H2. The number of carbonyl (C=O) groups is 1. The molecule has 0 aliphatic carbocycles. The minimum atomic E-state index is -0.861. The molecule has 0 spiro atoms. The highest BCUT2D eigenvalue weighted by Gasteiger charge is 2.17. The molecule has 0 saturated carbocycles. The minimum Gasteiger partial charge on any atom is -0.319 e. The molecule has 3 rings (SSSR count). The fourth-order valence-corrected chi connectivity index (χ4v) is 3.21. The van der Waals surface area contributed by atoms with Crippen LogP contribution in [0.15, 0.2) is 53.7 Å². The number of amides is 1. The van der Waals surface area contributed by atoms with Gasteiger partial charge in [0.25, 0.3) is 0 Å². The first-order chi connectivity index (χ1) is 11.7. The van der Waals surface area contributed by atoms with Crippen LogP contribution in [0.1, 0.15) is 22.3 Å². The highest BCUT2D eigenvalue weighted by atomic mass is 16.3. The molecular formula is C19H21N3O2. The first-order valence-electron chi connectivity index (χ1n) is 8.15. The zero-order chi connectivity index (χ0) is 16.9. The lowest BCUT2D eigenvalue weighted by atomic mass is 9.99. The van der Waals surface area contributed by atoms with Crippen LogP contribution in [0.5, 0.6) is 0 Å². The first-order valence-corrected chi connectivity index (χ1v) is 8.15. The summed E-state index contributed by atoms with van der Waals surface area (Å²) in [5.74, 6) is -0.798. The fourth-order valence-electron chi connectivity index (χ4n) is 3.21. The maximum absolute atomic E-state index is 11.2. The van der Waals surface area contributed by atoms with Gasteiger partial charge in [0.1, 0.15) is 0 Å². The largest absolute Gasteiger partial charge is 0.319 e. The van der Waals surface area contributed by atoms with Crippen LogP contribution in [0, 0.1) is 4.91 Å². The Morgan fingerprint density at radius 2 is 1.88 bits per heavy atom. The summed E-state index contributed by atoms with van der Waals surface area (Å²) in [5, 5.41) is 2.40. The SMILES string of the molecule is NC(Cc1cccc(CN2CCc3ccccc3C2)c1)C(=O)N=O. The monoisotopic (exact) mass is 323 g/mol. The van der Waals surface area contributed by atoms with Gasteiger partial charge in [0.2, 0.25) is 0 Å². The Morgan fingerprint density at radius 3 is 2.67 bits per heavy atom. The van der Waals surface area contributed by atoms with Gasteiger partial charge >= 0.3 is 5.91 Å². The summed E-state index contributed by atoms with van der Waals surface area (Å²) in [6.45, 7) is 2.85. The molecule has 2 aromatic rings. The predicted octanol–water partition coefficient (Wildman–Crippen LogP) is 2.41. The minimum absolute atomic E-state index is 0.335. The average molecular weight is 323 g/mol. The number of nitrogens with two attached hydrogens (primary N) is 1. The van der Waals surface area contributed by atoms with E-state index in [4.69, 9.17) is 5.73 Å². The highest BCUT2D eigenvalue weighted by Crippen LogP contribution is 2.20. The second kappa shape index (κ2) is 7.47. The summed E-state index contributed by atoms with van der Waals surface area (Å²) < 4.78 is 0. The topological polar surface area (TPSA) is 75.8 Å². The second-order valence-electron chi connectivity index (χ2n) is 6.29. The number of hydrogen-bond donors (Lipinski definition) is 1. The van der Waals surface area contributed by atoms with Crippen molar-refractivity contribution in [3.8, 4) is 0 Å². The molecule has 0 bridgehead atoms. The van der Waals surface area contributed by atoms with Gasteiger partial charge in [-0.05, 0) is 35.1 Å². The summed E-state index contributed by atoms with van der Waals surface area (Å²) >= 11 is 0. The number of nitroso groups, excluding NO2 is 1. The van der Waals surface area contributed by atoms with Gasteiger partial charge in [0, 0.05) is 24.8 Å². The molecule has 1 unspecified atom stereocenters. The van der Waals surface area contributed by atoms with Crippen molar-refractivity contribution in [3.05, 3.63) is 75.7 Å². The molecule has 1 amide bonds. The Bertz CT molecular complexity index is 745. The quantitative estimate of drug-likeness (QED) is 0.857. The van der Waals surface area contributed by atoms with Crippen molar-refractivity contribution in [2.24, 2.45) is 10.9 Å². The zero-order valence-corrected chi connectivity index (χ0v) is 13.5. The molecule has 1 aliphatic rings. The van der Waals surface area contributed by atoms with E-state index >= 15 is 0 Å². The van der Waals surface area contributed by atoms with E-state index in [1.165, 1.54) is 16.7 Å². The van der Waals surface area contributed by atoms with Gasteiger partial charge in [-0.1, -0.05) is 48.5 Å². The predicted molar refractivity (Wildman–Crippen MR) is 93.2 cm³/mol. The lowest BCUT2D eigenvalue weighted by molar-refractivity contribution is -0.119. The molecule has 5 nitrogen and oxygen atoms in total. The van der Waals surface area contributed by atoms with Gasteiger partial charge in [0.15, 0.2) is 0 Å². The lowest BCUT2D eigenvalue weighted by Gasteiger charge is -2.28. The van der Waals surface area contributed by atoms with E-state index in [9.17, 15) is 9.70 Å². The van der Waals surface area contributed by atoms with Crippen LogP contribution in [0.2, 0.25) is 0 Å². The highest BCUT2D eigenvalue weighted by molar-refractivity contribution is 5.82. The van der Waals surface area contributed by atoms with Crippen LogP contribution >= 0.6 is 0 Å². The Labute approximate surface area is 141 Å². The molecule has 1 aliphatic heterocycles. The molecule has 0 fully saturated rings. The fraction of sp³-hybridized carbons (Fsp3) is 0.316. The number of rotatable bonds is 5. The van der Waals surface area contributed by atoms with E-state index in [0.717, 1.165) is 31.6 Å². The number of nitrogens with zero attached hydrogens (tertiary/aromatic N) is 2. The van der Waals surface area contributed by atoms with E-state index in [-0.39, 0.29) is 0 Å². The van der Waals surface area contributed by atoms with Crippen LogP contribution in [-0.2, 0) is 30.7 Å².